The Bertz CT molecular complexity index is 1360. The first kappa shape index (κ1) is 25.9. The van der Waals surface area contributed by atoms with Crippen LogP contribution in [-0.2, 0) is 14.8 Å². The number of amides is 1. The molecule has 192 valence electrons. The molecule has 36 heavy (non-hydrogen) atoms. The summed E-state index contributed by atoms with van der Waals surface area (Å²) in [5.74, 6) is 0.410. The highest BCUT2D eigenvalue weighted by Crippen LogP contribution is 2.33. The molecule has 2 N–H and O–H groups in total. The first-order chi connectivity index (χ1) is 17.3. The van der Waals surface area contributed by atoms with Gasteiger partial charge in [-0.3, -0.25) is 4.79 Å². The van der Waals surface area contributed by atoms with Gasteiger partial charge in [-0.25, -0.2) is 13.4 Å². The first-order valence-corrected chi connectivity index (χ1v) is 13.9. The van der Waals surface area contributed by atoms with Crippen LogP contribution in [0.4, 0.5) is 10.8 Å². The summed E-state index contributed by atoms with van der Waals surface area (Å²) in [6.07, 6.45) is 1.19. The third kappa shape index (κ3) is 5.32. The Labute approximate surface area is 215 Å². The summed E-state index contributed by atoms with van der Waals surface area (Å²) in [6, 6.07) is 10.3. The van der Waals surface area contributed by atoms with E-state index >= 15 is 0 Å². The minimum Gasteiger partial charge on any atom is -0.496 e. The zero-order chi connectivity index (χ0) is 25.9. The molecule has 1 amide bonds. The molecule has 1 saturated heterocycles. The first-order valence-electron chi connectivity index (χ1n) is 11.5. The van der Waals surface area contributed by atoms with Crippen LogP contribution in [0, 0.1) is 12.8 Å². The number of anilines is 2. The molecule has 0 radical (unpaired) electrons. The van der Waals surface area contributed by atoms with E-state index < -0.39 is 15.9 Å². The molecule has 4 rings (SSSR count). The zero-order valence-corrected chi connectivity index (χ0v) is 22.3. The second-order valence-electron chi connectivity index (χ2n) is 8.53. The van der Waals surface area contributed by atoms with Crippen LogP contribution in [-0.4, -0.2) is 58.0 Å². The van der Waals surface area contributed by atoms with Crippen molar-refractivity contribution in [1.82, 2.24) is 9.29 Å². The van der Waals surface area contributed by atoms with Crippen molar-refractivity contribution in [2.75, 3.05) is 45.0 Å². The topological polar surface area (TPSA) is 110 Å². The predicted molar refractivity (Wildman–Crippen MR) is 141 cm³/mol. The van der Waals surface area contributed by atoms with Crippen LogP contribution in [0.3, 0.4) is 0 Å². The van der Waals surface area contributed by atoms with Crippen LogP contribution in [0.25, 0.3) is 11.3 Å². The van der Waals surface area contributed by atoms with Crippen molar-refractivity contribution in [1.29, 1.82) is 0 Å². The van der Waals surface area contributed by atoms with Gasteiger partial charge in [-0.2, -0.15) is 4.31 Å². The van der Waals surface area contributed by atoms with Gasteiger partial charge in [0.05, 0.1) is 36.4 Å². The van der Waals surface area contributed by atoms with Gasteiger partial charge < -0.3 is 20.1 Å². The molecule has 0 bridgehead atoms. The van der Waals surface area contributed by atoms with Gasteiger partial charge in [0.25, 0.3) is 0 Å². The van der Waals surface area contributed by atoms with Crippen LogP contribution in [0.5, 0.6) is 11.5 Å². The molecule has 9 nitrogen and oxygen atoms in total. The molecule has 11 heteroatoms. The molecule has 3 aromatic rings. The molecular weight excluding hydrogens is 500 g/mol. The lowest BCUT2D eigenvalue weighted by molar-refractivity contribution is -0.120. The molecule has 2 heterocycles. The standard InChI is InChI=1S/C25H30N4O5S2/c1-16-12-19(8-10-22(16)33-3)36(31,32)29-11-5-6-18(14-29)24(30)27-20-13-17(7-9-23(20)34-4)21-15-35-25(26-2)28-21/h7-10,12-13,15,18H,5-6,11,14H2,1-4H3,(H,26,28)(H,27,30). The maximum absolute atomic E-state index is 13.3. The van der Waals surface area contributed by atoms with E-state index in [9.17, 15) is 13.2 Å². The SMILES string of the molecule is CNc1nc(-c2ccc(OC)c(NC(=O)C3CCCN(S(=O)(=O)c4ccc(OC)c(C)c4)C3)c2)cs1. The average Bonchev–Trinajstić information content (AvgIpc) is 3.38. The van der Waals surface area contributed by atoms with Gasteiger partial charge in [0.1, 0.15) is 11.5 Å². The van der Waals surface area contributed by atoms with Crippen molar-refractivity contribution in [2.45, 2.75) is 24.7 Å². The lowest BCUT2D eigenvalue weighted by Crippen LogP contribution is -2.43. The number of carbonyl (C=O) groups excluding carboxylic acids is 1. The number of benzene rings is 2. The Balaban J connectivity index is 1.52. The van der Waals surface area contributed by atoms with Crippen molar-refractivity contribution in [3.63, 3.8) is 0 Å². The number of piperidine rings is 1. The summed E-state index contributed by atoms with van der Waals surface area (Å²) in [6.45, 7) is 2.28. The largest absolute Gasteiger partial charge is 0.496 e. The highest BCUT2D eigenvalue weighted by atomic mass is 32.2. The van der Waals surface area contributed by atoms with Crippen LogP contribution < -0.4 is 20.1 Å². The number of nitrogens with zero attached hydrogens (tertiary/aromatic N) is 2. The number of sulfonamides is 1. The van der Waals surface area contributed by atoms with Crippen LogP contribution in [0.1, 0.15) is 18.4 Å². The summed E-state index contributed by atoms with van der Waals surface area (Å²) in [7, 11) is 1.15. The Kier molecular flexibility index (Phi) is 7.82. The molecule has 0 saturated carbocycles. The molecular formula is C25H30N4O5S2. The maximum atomic E-state index is 13.3. The summed E-state index contributed by atoms with van der Waals surface area (Å²) in [4.78, 5) is 18.0. The molecule has 0 aliphatic carbocycles. The summed E-state index contributed by atoms with van der Waals surface area (Å²) in [5, 5.41) is 8.70. The van der Waals surface area contributed by atoms with E-state index in [0.717, 1.165) is 22.0 Å². The lowest BCUT2D eigenvalue weighted by Gasteiger charge is -2.31. The number of hydrogen-bond donors (Lipinski definition) is 2. The van der Waals surface area contributed by atoms with E-state index in [1.54, 1.807) is 45.4 Å². The van der Waals surface area contributed by atoms with E-state index in [0.29, 0.717) is 36.6 Å². The van der Waals surface area contributed by atoms with E-state index in [2.05, 4.69) is 15.6 Å². The molecule has 2 aromatic carbocycles. The minimum absolute atomic E-state index is 0.110. The molecule has 1 atom stereocenters. The lowest BCUT2D eigenvalue weighted by atomic mass is 9.98. The number of thiazole rings is 1. The Morgan fingerprint density at radius 1 is 1.14 bits per heavy atom. The van der Waals surface area contributed by atoms with Crippen molar-refractivity contribution in [3.8, 4) is 22.8 Å². The van der Waals surface area contributed by atoms with Gasteiger partial charge in [0, 0.05) is 31.1 Å². The fourth-order valence-electron chi connectivity index (χ4n) is 4.26. The van der Waals surface area contributed by atoms with Gasteiger partial charge in [0.15, 0.2) is 5.13 Å². The van der Waals surface area contributed by atoms with Crippen LogP contribution in [0.2, 0.25) is 0 Å². The zero-order valence-electron chi connectivity index (χ0n) is 20.7. The Hall–Kier alpha value is -3.15. The number of rotatable bonds is 8. The predicted octanol–water partition coefficient (Wildman–Crippen LogP) is 4.22. The van der Waals surface area contributed by atoms with Crippen molar-refractivity contribution in [3.05, 3.63) is 47.3 Å². The summed E-state index contributed by atoms with van der Waals surface area (Å²) in [5.41, 5.74) is 2.88. The van der Waals surface area contributed by atoms with E-state index in [-0.39, 0.29) is 17.3 Å². The highest BCUT2D eigenvalue weighted by molar-refractivity contribution is 7.89. The highest BCUT2D eigenvalue weighted by Gasteiger charge is 2.34. The van der Waals surface area contributed by atoms with Crippen molar-refractivity contribution < 1.29 is 22.7 Å². The molecule has 1 unspecified atom stereocenters. The van der Waals surface area contributed by atoms with E-state index in [1.807, 2.05) is 24.6 Å². The molecule has 1 aliphatic heterocycles. The maximum Gasteiger partial charge on any atom is 0.243 e. The number of aromatic nitrogens is 1. The number of ether oxygens (including phenoxy) is 2. The third-order valence-electron chi connectivity index (χ3n) is 6.23. The second-order valence-corrected chi connectivity index (χ2v) is 11.3. The fourth-order valence-corrected chi connectivity index (χ4v) is 6.55. The van der Waals surface area contributed by atoms with Crippen LogP contribution in [0.15, 0.2) is 46.7 Å². The van der Waals surface area contributed by atoms with Gasteiger partial charge in [-0.05, 0) is 61.7 Å². The van der Waals surface area contributed by atoms with Gasteiger partial charge >= 0.3 is 0 Å². The Morgan fingerprint density at radius 2 is 1.89 bits per heavy atom. The average molecular weight is 531 g/mol. The fraction of sp³-hybridized carbons (Fsp3) is 0.360. The van der Waals surface area contributed by atoms with Crippen molar-refractivity contribution in [2.24, 2.45) is 5.92 Å². The monoisotopic (exact) mass is 530 g/mol. The molecule has 1 aliphatic rings. The molecule has 1 fully saturated rings. The second kappa shape index (κ2) is 10.9. The molecule has 0 spiro atoms. The van der Waals surface area contributed by atoms with Crippen molar-refractivity contribution >= 4 is 38.1 Å². The summed E-state index contributed by atoms with van der Waals surface area (Å²) < 4.78 is 38.7. The Morgan fingerprint density at radius 3 is 2.56 bits per heavy atom. The third-order valence-corrected chi connectivity index (χ3v) is 8.95. The minimum atomic E-state index is -3.74. The number of hydrogen-bond acceptors (Lipinski definition) is 8. The number of carbonyl (C=O) groups is 1. The quantitative estimate of drug-likeness (QED) is 0.449. The number of nitrogens with one attached hydrogen (secondary N) is 2. The molecule has 1 aromatic heterocycles. The normalized spacial score (nSPS) is 16.4. The van der Waals surface area contributed by atoms with Gasteiger partial charge in [-0.1, -0.05) is 0 Å². The summed E-state index contributed by atoms with van der Waals surface area (Å²) >= 11 is 1.49. The number of methoxy groups -OCH3 is 2. The van der Waals surface area contributed by atoms with E-state index in [1.165, 1.54) is 15.6 Å². The van der Waals surface area contributed by atoms with E-state index in [4.69, 9.17) is 9.47 Å². The smallest absolute Gasteiger partial charge is 0.243 e. The number of aryl methyl sites for hydroxylation is 1. The van der Waals surface area contributed by atoms with Gasteiger partial charge in [-0.15, -0.1) is 11.3 Å². The van der Waals surface area contributed by atoms with Crippen LogP contribution >= 0.6 is 11.3 Å². The van der Waals surface area contributed by atoms with Gasteiger partial charge in [0.2, 0.25) is 15.9 Å².